The van der Waals surface area contributed by atoms with Crippen LogP contribution in [0.5, 0.6) is 5.88 Å². The van der Waals surface area contributed by atoms with Crippen molar-refractivity contribution >= 4 is 23.2 Å². The third-order valence-electron chi connectivity index (χ3n) is 6.02. The van der Waals surface area contributed by atoms with Crippen molar-refractivity contribution in [2.24, 2.45) is 0 Å². The molecule has 0 saturated heterocycles. The highest BCUT2D eigenvalue weighted by Gasteiger charge is 2.22. The maximum absolute atomic E-state index is 10.2. The van der Waals surface area contributed by atoms with Crippen molar-refractivity contribution < 1.29 is 14.6 Å². The van der Waals surface area contributed by atoms with Gasteiger partial charge in [0.15, 0.2) is 12.0 Å². The van der Waals surface area contributed by atoms with Crippen LogP contribution < -0.4 is 20.9 Å². The van der Waals surface area contributed by atoms with Crippen molar-refractivity contribution in [2.75, 3.05) is 33.8 Å². The molecule has 0 aromatic carbocycles. The number of likely N-dealkylation sites (N-methyl/N-ethyl adjacent to an activating group) is 1. The summed E-state index contributed by atoms with van der Waals surface area (Å²) in [6.45, 7) is 12.8. The number of aromatic amines is 1. The van der Waals surface area contributed by atoms with Gasteiger partial charge < -0.3 is 14.6 Å². The van der Waals surface area contributed by atoms with Crippen molar-refractivity contribution in [1.29, 1.82) is 0 Å². The molecule has 0 radical (unpaired) electrons. The number of H-pyrrole nitrogens is 1. The summed E-state index contributed by atoms with van der Waals surface area (Å²) in [7, 11) is 3.64. The van der Waals surface area contributed by atoms with Gasteiger partial charge in [0.1, 0.15) is 0 Å². The number of hydrogen-bond acceptors (Lipinski definition) is 10. The first kappa shape index (κ1) is 29.7. The molecule has 0 saturated carbocycles. The van der Waals surface area contributed by atoms with Gasteiger partial charge in [-0.2, -0.15) is 5.10 Å². The molecular formula is C26H43N9O3. The Hall–Kier alpha value is -2.87. The van der Waals surface area contributed by atoms with E-state index in [1.807, 2.05) is 44.7 Å². The predicted octanol–water partition coefficient (Wildman–Crippen LogP) is 1.87. The molecule has 3 heterocycles. The second-order valence-electron chi connectivity index (χ2n) is 9.32. The van der Waals surface area contributed by atoms with Gasteiger partial charge in [0.05, 0.1) is 42.3 Å². The average Bonchev–Trinajstić information content (AvgIpc) is 3.41. The lowest BCUT2D eigenvalue weighted by atomic mass is 10.1. The summed E-state index contributed by atoms with van der Waals surface area (Å²) >= 11 is 0. The lowest BCUT2D eigenvalue weighted by Crippen LogP contribution is -2.50. The Bertz CT molecular complexity index is 1170. The van der Waals surface area contributed by atoms with Crippen molar-refractivity contribution in [3.05, 3.63) is 34.8 Å². The summed E-state index contributed by atoms with van der Waals surface area (Å²) < 4.78 is 13.9. The fraction of sp³-hybridized carbons (Fsp3) is 0.577. The van der Waals surface area contributed by atoms with E-state index in [1.54, 1.807) is 20.2 Å². The molecule has 0 bridgehead atoms. The number of rotatable bonds is 16. The molecule has 210 valence electrons. The molecule has 0 amide bonds. The van der Waals surface area contributed by atoms with Crippen LogP contribution in [0.2, 0.25) is 0 Å². The molecule has 3 rings (SSSR count). The molecule has 38 heavy (non-hydrogen) atoms. The minimum Gasteiger partial charge on any atom is -0.476 e. The van der Waals surface area contributed by atoms with Crippen LogP contribution >= 0.6 is 0 Å². The SMILES string of the molecule is CCOc1nn(C[C@H](C)O)c(CN(CC)C[C@H](C)OC(NC)NNC)c1/C=C/c1[nH]nc2ncc(C)cc12. The van der Waals surface area contributed by atoms with Gasteiger partial charge >= 0.3 is 0 Å². The minimum absolute atomic E-state index is 0.0566. The summed E-state index contributed by atoms with van der Waals surface area (Å²) in [6, 6.07) is 2.06. The maximum atomic E-state index is 10.2. The second kappa shape index (κ2) is 14.3. The summed E-state index contributed by atoms with van der Waals surface area (Å²) in [4.78, 5) is 6.69. The van der Waals surface area contributed by atoms with E-state index in [1.165, 1.54) is 0 Å². The highest BCUT2D eigenvalue weighted by molar-refractivity contribution is 5.88. The van der Waals surface area contributed by atoms with Gasteiger partial charge in [0, 0.05) is 24.7 Å². The van der Waals surface area contributed by atoms with Crippen LogP contribution in [0.3, 0.4) is 0 Å². The molecule has 12 heteroatoms. The van der Waals surface area contributed by atoms with Crippen LogP contribution in [0.4, 0.5) is 0 Å². The standard InChI is InChI=1S/C26H43N9O3/c1-8-34(15-19(5)38-26(27-6)32-28-7)16-23-20(25(37-9-2)33-35(23)14-18(4)36)10-11-22-21-12-17(3)13-29-24(21)31-30-22/h10-13,18-19,26-28,32,36H,8-9,14-16H2,1-7H3,(H,29,30,31)/b11-10+/t18-,19-,26?/m0/s1. The molecule has 3 aromatic rings. The van der Waals surface area contributed by atoms with Gasteiger partial charge in [-0.1, -0.05) is 6.92 Å². The number of fused-ring (bicyclic) bond motifs is 1. The van der Waals surface area contributed by atoms with Gasteiger partial charge in [-0.3, -0.25) is 25.4 Å². The Morgan fingerprint density at radius 3 is 2.68 bits per heavy atom. The zero-order valence-electron chi connectivity index (χ0n) is 23.6. The van der Waals surface area contributed by atoms with E-state index in [-0.39, 0.29) is 12.5 Å². The number of nitrogens with one attached hydrogen (secondary N) is 4. The fourth-order valence-corrected chi connectivity index (χ4v) is 4.24. The van der Waals surface area contributed by atoms with E-state index < -0.39 is 6.10 Å². The molecule has 3 atom stereocenters. The number of aliphatic hydroxyl groups is 1. The monoisotopic (exact) mass is 529 g/mol. The number of aromatic nitrogens is 5. The highest BCUT2D eigenvalue weighted by Crippen LogP contribution is 2.27. The molecule has 1 unspecified atom stereocenters. The van der Waals surface area contributed by atoms with Gasteiger partial charge in [-0.25, -0.2) is 10.4 Å². The van der Waals surface area contributed by atoms with Crippen LogP contribution in [0.1, 0.15) is 50.2 Å². The molecule has 0 spiro atoms. The Kier molecular flexibility index (Phi) is 11.2. The van der Waals surface area contributed by atoms with Gasteiger partial charge in [0.2, 0.25) is 5.88 Å². The first-order chi connectivity index (χ1) is 18.3. The Morgan fingerprint density at radius 2 is 2.03 bits per heavy atom. The number of pyridine rings is 1. The zero-order valence-corrected chi connectivity index (χ0v) is 23.6. The first-order valence-corrected chi connectivity index (χ1v) is 13.2. The van der Waals surface area contributed by atoms with E-state index >= 15 is 0 Å². The van der Waals surface area contributed by atoms with Crippen molar-refractivity contribution in [2.45, 2.75) is 66.3 Å². The van der Waals surface area contributed by atoms with Crippen molar-refractivity contribution in [3.8, 4) is 5.88 Å². The molecule has 0 aliphatic rings. The van der Waals surface area contributed by atoms with Gasteiger partial charge in [-0.05, 0) is 72.1 Å². The predicted molar refractivity (Wildman–Crippen MR) is 149 cm³/mol. The van der Waals surface area contributed by atoms with Crippen molar-refractivity contribution in [3.63, 3.8) is 0 Å². The average molecular weight is 530 g/mol. The van der Waals surface area contributed by atoms with Crippen molar-refractivity contribution in [1.82, 2.24) is 46.0 Å². The van der Waals surface area contributed by atoms with Crippen LogP contribution in [0.25, 0.3) is 23.2 Å². The molecule has 12 nitrogen and oxygen atoms in total. The van der Waals surface area contributed by atoms with Gasteiger partial charge in [-0.15, -0.1) is 5.10 Å². The number of ether oxygens (including phenoxy) is 2. The number of aryl methyl sites for hydroxylation is 1. The van der Waals surface area contributed by atoms with Crippen LogP contribution in [0, 0.1) is 6.92 Å². The van der Waals surface area contributed by atoms with E-state index in [9.17, 15) is 5.11 Å². The molecule has 0 aliphatic heterocycles. The normalized spacial score (nSPS) is 14.6. The summed E-state index contributed by atoms with van der Waals surface area (Å²) in [6.07, 6.45) is 4.85. The lowest BCUT2D eigenvalue weighted by molar-refractivity contribution is -0.0551. The molecule has 3 aromatic heterocycles. The zero-order chi connectivity index (χ0) is 27.7. The smallest absolute Gasteiger partial charge is 0.240 e. The topological polar surface area (TPSA) is 137 Å². The first-order valence-electron chi connectivity index (χ1n) is 13.2. The number of nitrogens with zero attached hydrogens (tertiary/aromatic N) is 5. The fourth-order valence-electron chi connectivity index (χ4n) is 4.24. The minimum atomic E-state index is -0.563. The lowest BCUT2D eigenvalue weighted by Gasteiger charge is -2.28. The molecule has 5 N–H and O–H groups in total. The van der Waals surface area contributed by atoms with E-state index in [2.05, 4.69) is 49.2 Å². The van der Waals surface area contributed by atoms with Gasteiger partial charge in [0.25, 0.3) is 0 Å². The largest absolute Gasteiger partial charge is 0.476 e. The molecule has 0 aliphatic carbocycles. The van der Waals surface area contributed by atoms with E-state index in [0.29, 0.717) is 37.8 Å². The third kappa shape index (κ3) is 7.82. The number of hydrazine groups is 1. The molecule has 0 fully saturated rings. The highest BCUT2D eigenvalue weighted by atomic mass is 16.5. The van der Waals surface area contributed by atoms with Crippen LogP contribution in [0.15, 0.2) is 12.3 Å². The Labute approximate surface area is 224 Å². The number of aliphatic hydroxyl groups excluding tert-OH is 1. The molecular weight excluding hydrogens is 486 g/mol. The number of hydrogen-bond donors (Lipinski definition) is 5. The quantitative estimate of drug-likeness (QED) is 0.138. The Morgan fingerprint density at radius 1 is 1.24 bits per heavy atom. The Balaban J connectivity index is 1.94. The van der Waals surface area contributed by atoms with Crippen LogP contribution in [-0.2, 0) is 17.8 Å². The van der Waals surface area contributed by atoms with Crippen LogP contribution in [-0.4, -0.2) is 87.3 Å². The van der Waals surface area contributed by atoms with E-state index in [0.717, 1.165) is 34.4 Å². The summed E-state index contributed by atoms with van der Waals surface area (Å²) in [5.41, 5.74) is 10.3. The maximum Gasteiger partial charge on any atom is 0.240 e. The van der Waals surface area contributed by atoms with E-state index in [4.69, 9.17) is 14.6 Å². The third-order valence-corrected chi connectivity index (χ3v) is 6.02. The second-order valence-corrected chi connectivity index (χ2v) is 9.32. The summed E-state index contributed by atoms with van der Waals surface area (Å²) in [5, 5.41) is 26.4. The summed E-state index contributed by atoms with van der Waals surface area (Å²) in [5.74, 6) is 0.534.